The maximum Gasteiger partial charge on any atom is 0.223 e. The highest BCUT2D eigenvalue weighted by Crippen LogP contribution is 2.42. The summed E-state index contributed by atoms with van der Waals surface area (Å²) in [5, 5.41) is 0.0660. The van der Waals surface area contributed by atoms with Crippen molar-refractivity contribution in [2.24, 2.45) is 0 Å². The lowest BCUT2D eigenvalue weighted by atomic mass is 10.1. The normalized spacial score (nSPS) is 16.8. The van der Waals surface area contributed by atoms with Crippen LogP contribution in [-0.2, 0) is 11.4 Å². The highest BCUT2D eigenvalue weighted by Gasteiger charge is 2.31. The molecule has 3 rings (SSSR count). The van der Waals surface area contributed by atoms with E-state index in [1.807, 2.05) is 53.1 Å². The number of hydrogen-bond donors (Lipinski definition) is 0. The molecule has 0 spiro atoms. The molecule has 0 aliphatic carbocycles. The number of amides is 1. The topological polar surface area (TPSA) is 29.5 Å². The Morgan fingerprint density at radius 1 is 1.16 bits per heavy atom. The van der Waals surface area contributed by atoms with Gasteiger partial charge in [0.2, 0.25) is 5.91 Å². The molecule has 2 aromatic carbocycles. The molecule has 0 unspecified atom stereocenters. The average Bonchev–Trinajstić information content (AvgIpc) is 3.15. The third kappa shape index (κ3) is 4.57. The van der Waals surface area contributed by atoms with E-state index in [1.54, 1.807) is 0 Å². The van der Waals surface area contributed by atoms with E-state index in [1.165, 1.54) is 0 Å². The SMILES string of the molecule is CCCCC(=O)N1CCS[C@@H]1c1ccccc1OCc1ccccc1. The number of thioether (sulfide) groups is 1. The molecule has 132 valence electrons. The van der Waals surface area contributed by atoms with Crippen molar-refractivity contribution >= 4 is 17.7 Å². The minimum atomic E-state index is 0.0660. The maximum atomic E-state index is 12.6. The molecule has 1 aliphatic heterocycles. The molecule has 1 heterocycles. The van der Waals surface area contributed by atoms with Gasteiger partial charge in [0.1, 0.15) is 17.7 Å². The van der Waals surface area contributed by atoms with Crippen molar-refractivity contribution < 1.29 is 9.53 Å². The van der Waals surface area contributed by atoms with E-state index in [-0.39, 0.29) is 11.3 Å². The highest BCUT2D eigenvalue weighted by molar-refractivity contribution is 7.99. The summed E-state index contributed by atoms with van der Waals surface area (Å²) >= 11 is 1.83. The zero-order chi connectivity index (χ0) is 17.5. The van der Waals surface area contributed by atoms with E-state index in [0.29, 0.717) is 13.0 Å². The Morgan fingerprint density at radius 3 is 2.72 bits per heavy atom. The average molecular weight is 356 g/mol. The molecule has 0 N–H and O–H groups in total. The molecule has 2 aromatic rings. The molecule has 4 heteroatoms. The van der Waals surface area contributed by atoms with Gasteiger partial charge in [-0.25, -0.2) is 0 Å². The summed E-state index contributed by atoms with van der Waals surface area (Å²) in [5.41, 5.74) is 2.25. The fourth-order valence-electron chi connectivity index (χ4n) is 3.01. The van der Waals surface area contributed by atoms with Crippen LogP contribution in [0.15, 0.2) is 54.6 Å². The molecule has 0 saturated carbocycles. The number of para-hydroxylation sites is 1. The van der Waals surface area contributed by atoms with Crippen molar-refractivity contribution in [3.05, 3.63) is 65.7 Å². The van der Waals surface area contributed by atoms with Crippen molar-refractivity contribution in [3.8, 4) is 5.75 Å². The maximum absolute atomic E-state index is 12.6. The van der Waals surface area contributed by atoms with E-state index >= 15 is 0 Å². The smallest absolute Gasteiger partial charge is 0.223 e. The number of unbranched alkanes of at least 4 members (excludes halogenated alkanes) is 1. The van der Waals surface area contributed by atoms with E-state index < -0.39 is 0 Å². The molecular formula is C21H25NO2S. The largest absolute Gasteiger partial charge is 0.489 e. The van der Waals surface area contributed by atoms with Gasteiger partial charge in [-0.3, -0.25) is 4.79 Å². The molecule has 0 aromatic heterocycles. The van der Waals surface area contributed by atoms with Crippen LogP contribution in [0.3, 0.4) is 0 Å². The van der Waals surface area contributed by atoms with Gasteiger partial charge in [0.05, 0.1) is 0 Å². The van der Waals surface area contributed by atoms with Crippen molar-refractivity contribution in [1.82, 2.24) is 4.90 Å². The fraction of sp³-hybridized carbons (Fsp3) is 0.381. The molecule has 3 nitrogen and oxygen atoms in total. The van der Waals surface area contributed by atoms with Crippen LogP contribution in [-0.4, -0.2) is 23.1 Å². The first-order valence-corrected chi connectivity index (χ1v) is 10.0. The van der Waals surface area contributed by atoms with Crippen LogP contribution < -0.4 is 4.74 Å². The molecule has 0 radical (unpaired) electrons. The monoisotopic (exact) mass is 355 g/mol. The number of hydrogen-bond acceptors (Lipinski definition) is 3. The quantitative estimate of drug-likeness (QED) is 0.698. The summed E-state index contributed by atoms with van der Waals surface area (Å²) in [6.07, 6.45) is 2.65. The predicted octanol–water partition coefficient (Wildman–Crippen LogP) is 5.03. The van der Waals surface area contributed by atoms with Crippen LogP contribution in [0.25, 0.3) is 0 Å². The number of rotatable bonds is 7. The van der Waals surface area contributed by atoms with Crippen molar-refractivity contribution in [3.63, 3.8) is 0 Å². The first-order valence-electron chi connectivity index (χ1n) is 8.96. The third-order valence-corrected chi connectivity index (χ3v) is 5.62. The lowest BCUT2D eigenvalue weighted by Gasteiger charge is -2.26. The predicted molar refractivity (Wildman–Crippen MR) is 104 cm³/mol. The summed E-state index contributed by atoms with van der Waals surface area (Å²) in [4.78, 5) is 14.6. The molecule has 1 aliphatic rings. The number of benzene rings is 2. The van der Waals surface area contributed by atoms with Gasteiger partial charge < -0.3 is 9.64 Å². The van der Waals surface area contributed by atoms with Crippen molar-refractivity contribution in [1.29, 1.82) is 0 Å². The first-order chi connectivity index (χ1) is 12.3. The number of carbonyl (C=O) groups excluding carboxylic acids is 1. The minimum Gasteiger partial charge on any atom is -0.489 e. The minimum absolute atomic E-state index is 0.0660. The number of nitrogens with zero attached hydrogens (tertiary/aromatic N) is 1. The summed E-state index contributed by atoms with van der Waals surface area (Å²) in [7, 11) is 0. The Balaban J connectivity index is 1.74. The van der Waals surface area contributed by atoms with Crippen molar-refractivity contribution in [2.75, 3.05) is 12.3 Å². The van der Waals surface area contributed by atoms with Crippen LogP contribution in [0, 0.1) is 0 Å². The van der Waals surface area contributed by atoms with Gasteiger partial charge in [0, 0.05) is 24.3 Å². The molecular weight excluding hydrogens is 330 g/mol. The number of carbonyl (C=O) groups is 1. The van der Waals surface area contributed by atoms with Crippen LogP contribution >= 0.6 is 11.8 Å². The Bertz CT molecular complexity index is 689. The molecule has 1 amide bonds. The van der Waals surface area contributed by atoms with E-state index in [0.717, 1.165) is 42.0 Å². The van der Waals surface area contributed by atoms with Crippen LogP contribution in [0.1, 0.15) is 42.7 Å². The van der Waals surface area contributed by atoms with Gasteiger partial charge in [0.15, 0.2) is 0 Å². The molecule has 0 bridgehead atoms. The zero-order valence-electron chi connectivity index (χ0n) is 14.7. The molecule has 1 saturated heterocycles. The Morgan fingerprint density at radius 2 is 1.92 bits per heavy atom. The lowest BCUT2D eigenvalue weighted by Crippen LogP contribution is -2.30. The van der Waals surface area contributed by atoms with Crippen LogP contribution in [0.4, 0.5) is 0 Å². The van der Waals surface area contributed by atoms with Crippen LogP contribution in [0.5, 0.6) is 5.75 Å². The van der Waals surface area contributed by atoms with E-state index in [2.05, 4.69) is 25.1 Å². The van der Waals surface area contributed by atoms with Gasteiger partial charge in [-0.15, -0.1) is 11.8 Å². The second kappa shape index (κ2) is 8.95. The Kier molecular flexibility index (Phi) is 6.40. The second-order valence-electron chi connectivity index (χ2n) is 6.23. The third-order valence-electron chi connectivity index (χ3n) is 4.38. The zero-order valence-corrected chi connectivity index (χ0v) is 15.5. The summed E-state index contributed by atoms with van der Waals surface area (Å²) in [5.74, 6) is 2.11. The second-order valence-corrected chi connectivity index (χ2v) is 7.41. The summed E-state index contributed by atoms with van der Waals surface area (Å²) in [6.45, 7) is 3.49. The van der Waals surface area contributed by atoms with E-state index in [9.17, 15) is 4.79 Å². The van der Waals surface area contributed by atoms with Crippen molar-refractivity contribution in [2.45, 2.75) is 38.2 Å². The standard InChI is InChI=1S/C21H25NO2S/c1-2-3-13-20(23)22-14-15-25-21(22)18-11-7-8-12-19(18)24-16-17-9-5-4-6-10-17/h4-12,21H,2-3,13-16H2,1H3/t21-/m1/s1. The summed E-state index contributed by atoms with van der Waals surface area (Å²) in [6, 6.07) is 18.3. The van der Waals surface area contributed by atoms with Crippen LogP contribution in [0.2, 0.25) is 0 Å². The fourth-order valence-corrected chi connectivity index (χ4v) is 4.31. The van der Waals surface area contributed by atoms with Gasteiger partial charge in [-0.2, -0.15) is 0 Å². The lowest BCUT2D eigenvalue weighted by molar-refractivity contribution is -0.131. The van der Waals surface area contributed by atoms with Gasteiger partial charge in [-0.1, -0.05) is 61.9 Å². The van der Waals surface area contributed by atoms with Gasteiger partial charge >= 0.3 is 0 Å². The Hall–Kier alpha value is -1.94. The van der Waals surface area contributed by atoms with E-state index in [4.69, 9.17) is 4.74 Å². The first kappa shape index (κ1) is 17.9. The molecule has 1 fully saturated rings. The number of ether oxygens (including phenoxy) is 1. The van der Waals surface area contributed by atoms with Gasteiger partial charge in [-0.05, 0) is 18.1 Å². The van der Waals surface area contributed by atoms with Gasteiger partial charge in [0.25, 0.3) is 0 Å². The highest BCUT2D eigenvalue weighted by atomic mass is 32.2. The summed E-state index contributed by atoms with van der Waals surface area (Å²) < 4.78 is 6.09. The molecule has 1 atom stereocenters. The Labute approximate surface area is 154 Å². The molecule has 25 heavy (non-hydrogen) atoms.